The molecule has 0 unspecified atom stereocenters. The largest absolute Gasteiger partial charge is 0.490 e. The molecule has 1 amide bonds. The number of amides is 1. The Bertz CT molecular complexity index is 1170. The van der Waals surface area contributed by atoms with Crippen LogP contribution in [0.25, 0.3) is 0 Å². The molecule has 0 aliphatic rings. The molecule has 0 aromatic heterocycles. The van der Waals surface area contributed by atoms with Gasteiger partial charge < -0.3 is 9.47 Å². The third-order valence-electron chi connectivity index (χ3n) is 4.38. The first-order chi connectivity index (χ1) is 15.9. The summed E-state index contributed by atoms with van der Waals surface area (Å²) in [7, 11) is 0. The lowest BCUT2D eigenvalue weighted by molar-refractivity contribution is -0.384. The van der Waals surface area contributed by atoms with Crippen molar-refractivity contribution in [3.05, 3.63) is 96.4 Å². The normalized spacial score (nSPS) is 10.8. The van der Waals surface area contributed by atoms with Crippen LogP contribution in [0.15, 0.2) is 74.7 Å². The maximum Gasteiger partial charge on any atom is 0.271 e. The molecular weight excluding hydrogens is 558 g/mol. The fraction of sp³-hybridized carbons (Fsp3) is 0.130. The number of ether oxygens (including phenoxy) is 2. The predicted octanol–water partition coefficient (Wildman–Crippen LogP) is 5.86. The zero-order valence-corrected chi connectivity index (χ0v) is 20.6. The highest BCUT2D eigenvalue weighted by molar-refractivity contribution is 9.10. The molecule has 1 N–H and O–H groups in total. The zero-order chi connectivity index (χ0) is 23.8. The van der Waals surface area contributed by atoms with Crippen molar-refractivity contribution < 1.29 is 19.2 Å². The Labute approximate surface area is 207 Å². The van der Waals surface area contributed by atoms with E-state index in [4.69, 9.17) is 9.47 Å². The highest BCUT2D eigenvalue weighted by atomic mass is 79.9. The van der Waals surface area contributed by atoms with Gasteiger partial charge in [0.05, 0.1) is 17.7 Å². The van der Waals surface area contributed by atoms with Gasteiger partial charge in [0, 0.05) is 32.2 Å². The standard InChI is InChI=1S/C23H19Br2N3O5/c1-2-32-21-11-17(13-26-27-23(29)16-5-9-19(10-6-16)28(30)31)20(25)12-22(21)33-14-15-3-7-18(24)8-4-15/h3-13H,2,14H2,1H3,(H,27,29)/b26-13-. The average molecular weight is 577 g/mol. The predicted molar refractivity (Wildman–Crippen MR) is 132 cm³/mol. The summed E-state index contributed by atoms with van der Waals surface area (Å²) < 4.78 is 13.3. The first kappa shape index (κ1) is 24.4. The van der Waals surface area contributed by atoms with E-state index < -0.39 is 10.8 Å². The topological polar surface area (TPSA) is 103 Å². The second-order valence-electron chi connectivity index (χ2n) is 6.67. The Hall–Kier alpha value is -3.24. The summed E-state index contributed by atoms with van der Waals surface area (Å²) in [5.74, 6) is 0.622. The highest BCUT2D eigenvalue weighted by Crippen LogP contribution is 2.34. The Morgan fingerprint density at radius 1 is 1.06 bits per heavy atom. The minimum absolute atomic E-state index is 0.0927. The second kappa shape index (κ2) is 11.6. The molecule has 3 aromatic rings. The van der Waals surface area contributed by atoms with Crippen molar-refractivity contribution in [2.24, 2.45) is 5.10 Å². The SMILES string of the molecule is CCOc1cc(/C=N\NC(=O)c2ccc([N+](=O)[O-])cc2)c(Br)cc1OCc1ccc(Br)cc1. The molecule has 0 fully saturated rings. The van der Waals surface area contributed by atoms with Gasteiger partial charge >= 0.3 is 0 Å². The Balaban J connectivity index is 1.69. The van der Waals surface area contributed by atoms with Crippen LogP contribution in [0.2, 0.25) is 0 Å². The Kier molecular flexibility index (Phi) is 8.56. The van der Waals surface area contributed by atoms with Crippen molar-refractivity contribution >= 4 is 49.7 Å². The van der Waals surface area contributed by atoms with E-state index in [2.05, 4.69) is 42.4 Å². The van der Waals surface area contributed by atoms with Crippen molar-refractivity contribution in [3.8, 4) is 11.5 Å². The third-order valence-corrected chi connectivity index (χ3v) is 5.60. The highest BCUT2D eigenvalue weighted by Gasteiger charge is 2.12. The van der Waals surface area contributed by atoms with Gasteiger partial charge in [0.15, 0.2) is 11.5 Å². The number of benzene rings is 3. The van der Waals surface area contributed by atoms with Crippen LogP contribution in [0.1, 0.15) is 28.4 Å². The zero-order valence-electron chi connectivity index (χ0n) is 17.5. The molecule has 0 heterocycles. The van der Waals surface area contributed by atoms with Crippen molar-refractivity contribution in [1.29, 1.82) is 0 Å². The molecule has 0 saturated carbocycles. The van der Waals surface area contributed by atoms with E-state index in [1.54, 1.807) is 12.1 Å². The maximum absolute atomic E-state index is 12.2. The van der Waals surface area contributed by atoms with Gasteiger partial charge in [0.1, 0.15) is 6.61 Å². The number of hydrogen-bond acceptors (Lipinski definition) is 6. The van der Waals surface area contributed by atoms with E-state index in [1.165, 1.54) is 30.5 Å². The third kappa shape index (κ3) is 6.87. The molecule has 0 atom stereocenters. The number of hydrazone groups is 1. The van der Waals surface area contributed by atoms with Crippen LogP contribution in [-0.2, 0) is 6.61 Å². The molecule has 33 heavy (non-hydrogen) atoms. The Morgan fingerprint density at radius 2 is 1.73 bits per heavy atom. The van der Waals surface area contributed by atoms with Gasteiger partial charge in [-0.05, 0) is 64.8 Å². The van der Waals surface area contributed by atoms with Gasteiger partial charge in [-0.15, -0.1) is 0 Å². The number of rotatable bonds is 9. The molecule has 0 spiro atoms. The molecule has 3 aromatic carbocycles. The summed E-state index contributed by atoms with van der Waals surface area (Å²) in [6.45, 7) is 2.70. The van der Waals surface area contributed by atoms with Gasteiger partial charge in [0.2, 0.25) is 0 Å². The summed E-state index contributed by atoms with van der Waals surface area (Å²) in [5, 5.41) is 14.7. The first-order valence-electron chi connectivity index (χ1n) is 9.79. The first-order valence-corrected chi connectivity index (χ1v) is 11.4. The van der Waals surface area contributed by atoms with E-state index in [0.29, 0.717) is 34.7 Å². The average Bonchev–Trinajstić information content (AvgIpc) is 2.81. The summed E-state index contributed by atoms with van der Waals surface area (Å²) in [4.78, 5) is 22.4. The summed E-state index contributed by atoms with van der Waals surface area (Å²) in [5.41, 5.74) is 4.24. The fourth-order valence-electron chi connectivity index (χ4n) is 2.73. The number of nitrogens with one attached hydrogen (secondary N) is 1. The minimum atomic E-state index is -0.528. The summed E-state index contributed by atoms with van der Waals surface area (Å²) in [6.07, 6.45) is 1.47. The van der Waals surface area contributed by atoms with Crippen LogP contribution >= 0.6 is 31.9 Å². The van der Waals surface area contributed by atoms with Gasteiger partial charge in [-0.25, -0.2) is 5.43 Å². The van der Waals surface area contributed by atoms with Gasteiger partial charge in [0.25, 0.3) is 11.6 Å². The number of non-ortho nitro benzene ring substituents is 1. The summed E-state index contributed by atoms with van der Waals surface area (Å²) >= 11 is 6.90. The lowest BCUT2D eigenvalue weighted by atomic mass is 10.2. The number of hydrogen-bond donors (Lipinski definition) is 1. The van der Waals surface area contributed by atoms with Crippen LogP contribution in [0.4, 0.5) is 5.69 Å². The molecule has 170 valence electrons. The van der Waals surface area contributed by atoms with Crippen molar-refractivity contribution in [2.75, 3.05) is 6.61 Å². The molecule has 0 aliphatic carbocycles. The molecule has 0 saturated heterocycles. The maximum atomic E-state index is 12.2. The van der Waals surface area contributed by atoms with E-state index in [9.17, 15) is 14.9 Å². The van der Waals surface area contributed by atoms with E-state index >= 15 is 0 Å². The fourth-order valence-corrected chi connectivity index (χ4v) is 3.42. The smallest absolute Gasteiger partial charge is 0.271 e. The van der Waals surface area contributed by atoms with Gasteiger partial charge in [-0.3, -0.25) is 14.9 Å². The molecule has 8 nitrogen and oxygen atoms in total. The number of carbonyl (C=O) groups excluding carboxylic acids is 1. The number of halogens is 2. The van der Waals surface area contributed by atoms with E-state index in [-0.39, 0.29) is 11.3 Å². The molecule has 10 heteroatoms. The van der Waals surface area contributed by atoms with Crippen molar-refractivity contribution in [2.45, 2.75) is 13.5 Å². The second-order valence-corrected chi connectivity index (χ2v) is 8.44. The van der Waals surface area contributed by atoms with Crippen LogP contribution < -0.4 is 14.9 Å². The monoisotopic (exact) mass is 575 g/mol. The van der Waals surface area contributed by atoms with Gasteiger partial charge in [-0.1, -0.05) is 28.1 Å². The lowest BCUT2D eigenvalue weighted by Gasteiger charge is -2.14. The number of nitro groups is 1. The van der Waals surface area contributed by atoms with Crippen LogP contribution in [-0.4, -0.2) is 23.7 Å². The quantitative estimate of drug-likeness (QED) is 0.195. The molecule has 0 bridgehead atoms. The lowest BCUT2D eigenvalue weighted by Crippen LogP contribution is -2.17. The molecule has 0 aliphatic heterocycles. The van der Waals surface area contributed by atoms with Crippen LogP contribution in [0.3, 0.4) is 0 Å². The summed E-state index contributed by atoms with van der Waals surface area (Å²) in [6, 6.07) is 16.6. The Morgan fingerprint density at radius 3 is 2.36 bits per heavy atom. The van der Waals surface area contributed by atoms with Gasteiger partial charge in [-0.2, -0.15) is 5.10 Å². The van der Waals surface area contributed by atoms with Crippen molar-refractivity contribution in [1.82, 2.24) is 5.43 Å². The molecule has 0 radical (unpaired) electrons. The number of carbonyl (C=O) groups is 1. The number of nitrogens with zero attached hydrogens (tertiary/aromatic N) is 2. The molecule has 3 rings (SSSR count). The minimum Gasteiger partial charge on any atom is -0.490 e. The van der Waals surface area contributed by atoms with Crippen LogP contribution in [0.5, 0.6) is 11.5 Å². The number of nitro benzene ring substituents is 1. The van der Waals surface area contributed by atoms with E-state index in [1.807, 2.05) is 31.2 Å². The van der Waals surface area contributed by atoms with Crippen molar-refractivity contribution in [3.63, 3.8) is 0 Å². The molecular formula is C23H19Br2N3O5. The van der Waals surface area contributed by atoms with Crippen LogP contribution in [0, 0.1) is 10.1 Å². The van der Waals surface area contributed by atoms with E-state index in [0.717, 1.165) is 10.0 Å².